The van der Waals surface area contributed by atoms with Crippen LogP contribution in [0.15, 0.2) is 35.7 Å². The fourth-order valence-corrected chi connectivity index (χ4v) is 4.47. The van der Waals surface area contributed by atoms with Crippen molar-refractivity contribution >= 4 is 17.3 Å². The topological polar surface area (TPSA) is 63.4 Å². The molecule has 7 heteroatoms. The predicted octanol–water partition coefficient (Wildman–Crippen LogP) is 4.00. The maximum Gasteiger partial charge on any atom is 0.228 e. The summed E-state index contributed by atoms with van der Waals surface area (Å²) in [6.45, 7) is 6.35. The first kappa shape index (κ1) is 19.0. The molecule has 148 valence electrons. The maximum atomic E-state index is 10.8. The summed E-state index contributed by atoms with van der Waals surface area (Å²) in [5.41, 5.74) is 2.44. The lowest BCUT2D eigenvalue weighted by Crippen LogP contribution is -2.21. The number of benzene rings is 1. The molecule has 0 aliphatic carbocycles. The minimum atomic E-state index is -0.624. The van der Waals surface area contributed by atoms with E-state index in [4.69, 9.17) is 4.74 Å². The molecule has 0 spiro atoms. The summed E-state index contributed by atoms with van der Waals surface area (Å²) in [5, 5.41) is 21.7. The van der Waals surface area contributed by atoms with Crippen LogP contribution in [0.4, 0.5) is 5.95 Å². The SMILES string of the molecule is COc1cccc2c1CN(c1nnc(C(O)CC(C)C)n1Cc1cccs1)C2. The second kappa shape index (κ2) is 7.93. The monoisotopic (exact) mass is 398 g/mol. The van der Waals surface area contributed by atoms with Crippen LogP contribution in [0.25, 0.3) is 0 Å². The molecule has 0 saturated carbocycles. The lowest BCUT2D eigenvalue weighted by molar-refractivity contribution is 0.137. The van der Waals surface area contributed by atoms with E-state index in [1.54, 1.807) is 18.4 Å². The summed E-state index contributed by atoms with van der Waals surface area (Å²) in [4.78, 5) is 3.42. The van der Waals surface area contributed by atoms with Crippen molar-refractivity contribution in [2.75, 3.05) is 12.0 Å². The van der Waals surface area contributed by atoms with Crippen molar-refractivity contribution in [2.24, 2.45) is 5.92 Å². The number of methoxy groups -OCH3 is 1. The van der Waals surface area contributed by atoms with Crippen molar-refractivity contribution in [2.45, 2.75) is 46.0 Å². The standard InChI is InChI=1S/C21H26N4O2S/c1-14(2)10-18(26)20-22-23-21(25(20)12-16-7-5-9-28-16)24-11-15-6-4-8-19(27-3)17(15)13-24/h4-9,14,18,26H,10-13H2,1-3H3. The normalized spacial score (nSPS) is 14.5. The van der Waals surface area contributed by atoms with Gasteiger partial charge in [0.15, 0.2) is 5.82 Å². The van der Waals surface area contributed by atoms with Gasteiger partial charge in [0.25, 0.3) is 0 Å². The first-order valence-corrected chi connectivity index (χ1v) is 10.5. The number of thiophene rings is 1. The Hall–Kier alpha value is -2.38. The molecule has 4 rings (SSSR count). The third kappa shape index (κ3) is 3.64. The zero-order valence-corrected chi connectivity index (χ0v) is 17.3. The van der Waals surface area contributed by atoms with E-state index in [-0.39, 0.29) is 0 Å². The molecule has 3 heterocycles. The Labute approximate surface area is 169 Å². The number of rotatable bonds is 7. The zero-order valence-electron chi connectivity index (χ0n) is 16.5. The first-order chi connectivity index (χ1) is 13.6. The van der Waals surface area contributed by atoms with Gasteiger partial charge in [-0.05, 0) is 35.4 Å². The van der Waals surface area contributed by atoms with E-state index in [9.17, 15) is 5.11 Å². The molecule has 0 radical (unpaired) electrons. The summed E-state index contributed by atoms with van der Waals surface area (Å²) in [7, 11) is 1.71. The van der Waals surface area contributed by atoms with E-state index in [0.717, 1.165) is 24.8 Å². The molecule has 6 nitrogen and oxygen atoms in total. The van der Waals surface area contributed by atoms with E-state index in [2.05, 4.69) is 51.0 Å². The predicted molar refractivity (Wildman–Crippen MR) is 111 cm³/mol. The summed E-state index contributed by atoms with van der Waals surface area (Å²) < 4.78 is 7.60. The summed E-state index contributed by atoms with van der Waals surface area (Å²) >= 11 is 1.70. The molecular weight excluding hydrogens is 372 g/mol. The molecule has 1 unspecified atom stereocenters. The minimum Gasteiger partial charge on any atom is -0.496 e. The number of ether oxygens (including phenoxy) is 1. The van der Waals surface area contributed by atoms with Gasteiger partial charge in [0.2, 0.25) is 5.95 Å². The second-order valence-corrected chi connectivity index (χ2v) is 8.66. The molecule has 1 aliphatic heterocycles. The first-order valence-electron chi connectivity index (χ1n) is 9.60. The Morgan fingerprint density at radius 2 is 2.04 bits per heavy atom. The average molecular weight is 399 g/mol. The van der Waals surface area contributed by atoms with Gasteiger partial charge >= 0.3 is 0 Å². The second-order valence-electron chi connectivity index (χ2n) is 7.62. The van der Waals surface area contributed by atoms with Crippen LogP contribution in [0.3, 0.4) is 0 Å². The molecule has 0 fully saturated rings. The lowest BCUT2D eigenvalue weighted by Gasteiger charge is -2.20. The minimum absolute atomic E-state index is 0.380. The molecule has 1 aromatic carbocycles. The number of aliphatic hydroxyl groups excluding tert-OH is 1. The molecule has 1 aliphatic rings. The highest BCUT2D eigenvalue weighted by Gasteiger charge is 2.29. The van der Waals surface area contributed by atoms with Gasteiger partial charge in [-0.2, -0.15) is 0 Å². The summed E-state index contributed by atoms with van der Waals surface area (Å²) in [6.07, 6.45) is 0.0390. The van der Waals surface area contributed by atoms with Crippen molar-refractivity contribution in [3.63, 3.8) is 0 Å². The van der Waals surface area contributed by atoms with E-state index in [1.807, 2.05) is 18.2 Å². The molecule has 2 aromatic heterocycles. The van der Waals surface area contributed by atoms with Gasteiger partial charge in [-0.1, -0.05) is 32.0 Å². The smallest absolute Gasteiger partial charge is 0.228 e. The molecule has 28 heavy (non-hydrogen) atoms. The van der Waals surface area contributed by atoms with Crippen molar-refractivity contribution < 1.29 is 9.84 Å². The van der Waals surface area contributed by atoms with Gasteiger partial charge in [0.1, 0.15) is 11.9 Å². The average Bonchev–Trinajstić information content (AvgIpc) is 3.40. The Bertz CT molecular complexity index is 936. The molecule has 0 amide bonds. The van der Waals surface area contributed by atoms with Crippen LogP contribution >= 0.6 is 11.3 Å². The van der Waals surface area contributed by atoms with Crippen molar-refractivity contribution in [3.8, 4) is 5.75 Å². The van der Waals surface area contributed by atoms with Gasteiger partial charge in [-0.15, -0.1) is 21.5 Å². The van der Waals surface area contributed by atoms with Gasteiger partial charge < -0.3 is 14.7 Å². The van der Waals surface area contributed by atoms with Crippen molar-refractivity contribution in [3.05, 3.63) is 57.5 Å². The third-order valence-electron chi connectivity index (χ3n) is 5.09. The van der Waals surface area contributed by atoms with E-state index in [0.29, 0.717) is 24.7 Å². The summed E-state index contributed by atoms with van der Waals surface area (Å²) in [6, 6.07) is 10.3. The molecule has 0 saturated heterocycles. The highest BCUT2D eigenvalue weighted by atomic mass is 32.1. The largest absolute Gasteiger partial charge is 0.496 e. The van der Waals surface area contributed by atoms with Crippen LogP contribution in [0.1, 0.15) is 48.2 Å². The molecule has 3 aromatic rings. The Kier molecular flexibility index (Phi) is 5.37. The summed E-state index contributed by atoms with van der Waals surface area (Å²) in [5.74, 6) is 2.72. The molecule has 1 N–H and O–H groups in total. The fourth-order valence-electron chi connectivity index (χ4n) is 3.77. The van der Waals surface area contributed by atoms with E-state index < -0.39 is 6.10 Å². The molecule has 1 atom stereocenters. The third-order valence-corrected chi connectivity index (χ3v) is 5.95. The maximum absolute atomic E-state index is 10.8. The van der Waals surface area contributed by atoms with Crippen LogP contribution in [-0.4, -0.2) is 27.0 Å². The Morgan fingerprint density at radius 1 is 1.18 bits per heavy atom. The van der Waals surface area contributed by atoms with Crippen LogP contribution in [0.5, 0.6) is 5.75 Å². The van der Waals surface area contributed by atoms with Crippen molar-refractivity contribution in [1.29, 1.82) is 0 Å². The number of nitrogens with zero attached hydrogens (tertiary/aromatic N) is 4. The van der Waals surface area contributed by atoms with Crippen molar-refractivity contribution in [1.82, 2.24) is 14.8 Å². The Balaban J connectivity index is 1.68. The van der Waals surface area contributed by atoms with Crippen LogP contribution in [-0.2, 0) is 19.6 Å². The van der Waals surface area contributed by atoms with Gasteiger partial charge in [0, 0.05) is 17.0 Å². The highest BCUT2D eigenvalue weighted by Crippen LogP contribution is 2.34. The fraction of sp³-hybridized carbons (Fsp3) is 0.429. The van der Waals surface area contributed by atoms with Crippen LogP contribution < -0.4 is 9.64 Å². The van der Waals surface area contributed by atoms with Crippen LogP contribution in [0.2, 0.25) is 0 Å². The van der Waals surface area contributed by atoms with E-state index >= 15 is 0 Å². The lowest BCUT2D eigenvalue weighted by atomic mass is 10.1. The number of anilines is 1. The van der Waals surface area contributed by atoms with Gasteiger partial charge in [-0.3, -0.25) is 4.57 Å². The Morgan fingerprint density at radius 3 is 2.75 bits per heavy atom. The number of hydrogen-bond acceptors (Lipinski definition) is 6. The number of aliphatic hydroxyl groups is 1. The molecular formula is C21H26N4O2S. The van der Waals surface area contributed by atoms with E-state index in [1.165, 1.54) is 16.0 Å². The zero-order chi connectivity index (χ0) is 19.7. The van der Waals surface area contributed by atoms with Gasteiger partial charge in [0.05, 0.1) is 20.2 Å². The quantitative estimate of drug-likeness (QED) is 0.652. The number of fused-ring (bicyclic) bond motifs is 1. The number of aromatic nitrogens is 3. The van der Waals surface area contributed by atoms with Crippen LogP contribution in [0, 0.1) is 5.92 Å². The number of hydrogen-bond donors (Lipinski definition) is 1. The van der Waals surface area contributed by atoms with Gasteiger partial charge in [-0.25, -0.2) is 0 Å². The molecule has 0 bridgehead atoms. The highest BCUT2D eigenvalue weighted by molar-refractivity contribution is 7.09.